The molecule has 0 amide bonds. The maximum Gasteiger partial charge on any atom is 0.165 e. The van der Waals surface area contributed by atoms with Gasteiger partial charge in [0.2, 0.25) is 0 Å². The molecule has 1 aromatic carbocycles. The van der Waals surface area contributed by atoms with Crippen LogP contribution in [0.3, 0.4) is 0 Å². The average Bonchev–Trinajstić information content (AvgIpc) is 2.53. The Morgan fingerprint density at radius 2 is 2.00 bits per heavy atom. The van der Waals surface area contributed by atoms with Gasteiger partial charge in [0.1, 0.15) is 13.2 Å². The van der Waals surface area contributed by atoms with Crippen molar-refractivity contribution in [2.75, 3.05) is 46.7 Å². The number of hydrogen-bond acceptors (Lipinski definition) is 5. The van der Waals surface area contributed by atoms with Crippen LogP contribution >= 0.6 is 0 Å². The molecule has 1 aliphatic rings. The number of benzene rings is 1. The summed E-state index contributed by atoms with van der Waals surface area (Å²) in [6, 6.07) is 6.04. The molecule has 5 heteroatoms. The number of nitrogens with one attached hydrogen (secondary N) is 1. The van der Waals surface area contributed by atoms with Gasteiger partial charge in [-0.3, -0.25) is 0 Å². The first-order valence-electron chi connectivity index (χ1n) is 7.56. The third-order valence-electron chi connectivity index (χ3n) is 3.29. The van der Waals surface area contributed by atoms with Gasteiger partial charge in [-0.2, -0.15) is 0 Å². The number of methoxy groups -OCH3 is 1. The molecule has 21 heavy (non-hydrogen) atoms. The minimum Gasteiger partial charge on any atom is -0.486 e. The lowest BCUT2D eigenvalue weighted by molar-refractivity contribution is 0.0688. The van der Waals surface area contributed by atoms with E-state index in [2.05, 4.69) is 11.4 Å². The van der Waals surface area contributed by atoms with E-state index in [1.807, 2.05) is 12.1 Å². The van der Waals surface area contributed by atoms with Gasteiger partial charge < -0.3 is 24.3 Å². The Balaban J connectivity index is 1.59. The number of rotatable bonds is 10. The van der Waals surface area contributed by atoms with Crippen molar-refractivity contribution in [1.29, 1.82) is 0 Å². The summed E-state index contributed by atoms with van der Waals surface area (Å²) < 4.78 is 21.6. The molecule has 0 radical (unpaired) electrons. The largest absolute Gasteiger partial charge is 0.486 e. The normalized spacial score (nSPS) is 13.4. The minimum atomic E-state index is 0.628. The highest BCUT2D eigenvalue weighted by Crippen LogP contribution is 2.33. The van der Waals surface area contributed by atoms with Crippen LogP contribution in [0.15, 0.2) is 18.2 Å². The van der Waals surface area contributed by atoms with Gasteiger partial charge >= 0.3 is 0 Å². The molecule has 2 rings (SSSR count). The average molecular weight is 295 g/mol. The number of ether oxygens (including phenoxy) is 4. The van der Waals surface area contributed by atoms with Crippen molar-refractivity contribution in [2.45, 2.75) is 19.4 Å². The van der Waals surface area contributed by atoms with Crippen molar-refractivity contribution in [1.82, 2.24) is 5.32 Å². The molecule has 118 valence electrons. The molecule has 0 spiro atoms. The molecule has 0 unspecified atom stereocenters. The van der Waals surface area contributed by atoms with Gasteiger partial charge in [-0.05, 0) is 25.5 Å². The molecule has 0 bridgehead atoms. The van der Waals surface area contributed by atoms with E-state index < -0.39 is 0 Å². The van der Waals surface area contributed by atoms with Crippen LogP contribution in [0.2, 0.25) is 0 Å². The Labute approximate surface area is 126 Å². The zero-order chi connectivity index (χ0) is 14.8. The van der Waals surface area contributed by atoms with Crippen molar-refractivity contribution in [2.24, 2.45) is 0 Å². The summed E-state index contributed by atoms with van der Waals surface area (Å²) in [4.78, 5) is 0. The fourth-order valence-corrected chi connectivity index (χ4v) is 2.19. The van der Waals surface area contributed by atoms with E-state index in [9.17, 15) is 0 Å². The summed E-state index contributed by atoms with van der Waals surface area (Å²) in [6.07, 6.45) is 2.16. The van der Waals surface area contributed by atoms with Crippen LogP contribution in [-0.4, -0.2) is 46.7 Å². The van der Waals surface area contributed by atoms with E-state index in [0.29, 0.717) is 26.4 Å². The molecule has 1 N–H and O–H groups in total. The predicted molar refractivity (Wildman–Crippen MR) is 81.1 cm³/mol. The van der Waals surface area contributed by atoms with Crippen LogP contribution in [0.1, 0.15) is 18.4 Å². The first-order chi connectivity index (χ1) is 10.4. The Kier molecular flexibility index (Phi) is 7.35. The van der Waals surface area contributed by atoms with Crippen LogP contribution in [-0.2, 0) is 16.0 Å². The number of hydrogen-bond donors (Lipinski definition) is 1. The van der Waals surface area contributed by atoms with E-state index in [1.54, 1.807) is 7.11 Å². The maximum absolute atomic E-state index is 5.69. The molecule has 0 fully saturated rings. The summed E-state index contributed by atoms with van der Waals surface area (Å²) in [5.41, 5.74) is 1.16. The molecule has 0 saturated carbocycles. The Bertz CT molecular complexity index is 411. The van der Waals surface area contributed by atoms with Crippen molar-refractivity contribution < 1.29 is 18.9 Å². The lowest BCUT2D eigenvalue weighted by Gasteiger charge is -2.21. The van der Waals surface area contributed by atoms with Crippen molar-refractivity contribution >= 4 is 0 Å². The minimum absolute atomic E-state index is 0.628. The van der Waals surface area contributed by atoms with Gasteiger partial charge in [-0.1, -0.05) is 12.1 Å². The molecule has 0 aliphatic carbocycles. The summed E-state index contributed by atoms with van der Waals surface area (Å²) in [5, 5.41) is 3.44. The molecular formula is C16H25NO4. The van der Waals surface area contributed by atoms with Crippen LogP contribution in [0.5, 0.6) is 11.5 Å². The maximum atomic E-state index is 5.69. The number of fused-ring (bicyclic) bond motifs is 1. The first kappa shape index (κ1) is 16.1. The fraction of sp³-hybridized carbons (Fsp3) is 0.625. The molecule has 0 saturated heterocycles. The highest BCUT2D eigenvalue weighted by molar-refractivity contribution is 5.47. The Hall–Kier alpha value is -1.30. The Morgan fingerprint density at radius 1 is 1.10 bits per heavy atom. The van der Waals surface area contributed by atoms with Crippen LogP contribution in [0.4, 0.5) is 0 Å². The summed E-state index contributed by atoms with van der Waals surface area (Å²) in [5.74, 6) is 1.74. The summed E-state index contributed by atoms with van der Waals surface area (Å²) in [7, 11) is 1.68. The SMILES string of the molecule is COCCOCCCCNCc1cccc2c1OCCO2. The van der Waals surface area contributed by atoms with Gasteiger partial charge in [0.15, 0.2) is 11.5 Å². The topological polar surface area (TPSA) is 49.0 Å². The van der Waals surface area contributed by atoms with E-state index in [4.69, 9.17) is 18.9 Å². The molecule has 1 heterocycles. The van der Waals surface area contributed by atoms with E-state index >= 15 is 0 Å². The second-order valence-corrected chi connectivity index (χ2v) is 4.93. The zero-order valence-electron chi connectivity index (χ0n) is 12.7. The van der Waals surface area contributed by atoms with Crippen molar-refractivity contribution in [3.63, 3.8) is 0 Å². The molecular weight excluding hydrogens is 270 g/mol. The highest BCUT2D eigenvalue weighted by atomic mass is 16.6. The molecule has 1 aromatic rings. The quantitative estimate of drug-likeness (QED) is 0.669. The second-order valence-electron chi connectivity index (χ2n) is 4.93. The van der Waals surface area contributed by atoms with Gasteiger partial charge in [0.05, 0.1) is 13.2 Å². The second kappa shape index (κ2) is 9.60. The third kappa shape index (κ3) is 5.53. The van der Waals surface area contributed by atoms with Gasteiger partial charge in [0.25, 0.3) is 0 Å². The fourth-order valence-electron chi connectivity index (χ4n) is 2.19. The van der Waals surface area contributed by atoms with Gasteiger partial charge in [-0.15, -0.1) is 0 Å². The third-order valence-corrected chi connectivity index (χ3v) is 3.29. The summed E-state index contributed by atoms with van der Waals surface area (Å²) >= 11 is 0. The monoisotopic (exact) mass is 295 g/mol. The predicted octanol–water partition coefficient (Wildman–Crippen LogP) is 1.99. The zero-order valence-corrected chi connectivity index (χ0v) is 12.7. The highest BCUT2D eigenvalue weighted by Gasteiger charge is 2.14. The van der Waals surface area contributed by atoms with Crippen molar-refractivity contribution in [3.8, 4) is 11.5 Å². The number of para-hydroxylation sites is 1. The smallest absolute Gasteiger partial charge is 0.165 e. The molecule has 0 atom stereocenters. The standard InChI is InChI=1S/C16H25NO4/c1-18-9-10-19-8-3-2-7-17-13-14-5-4-6-15-16(14)21-12-11-20-15/h4-6,17H,2-3,7-13H2,1H3. The molecule has 5 nitrogen and oxygen atoms in total. The Morgan fingerprint density at radius 3 is 2.90 bits per heavy atom. The van der Waals surface area contributed by atoms with Gasteiger partial charge in [-0.25, -0.2) is 0 Å². The van der Waals surface area contributed by atoms with E-state index in [0.717, 1.165) is 49.6 Å². The van der Waals surface area contributed by atoms with E-state index in [-0.39, 0.29) is 0 Å². The van der Waals surface area contributed by atoms with E-state index in [1.165, 1.54) is 0 Å². The lowest BCUT2D eigenvalue weighted by Crippen LogP contribution is -2.20. The van der Waals surface area contributed by atoms with Crippen molar-refractivity contribution in [3.05, 3.63) is 23.8 Å². The first-order valence-corrected chi connectivity index (χ1v) is 7.56. The van der Waals surface area contributed by atoms with Crippen LogP contribution in [0, 0.1) is 0 Å². The lowest BCUT2D eigenvalue weighted by atomic mass is 10.1. The number of unbranched alkanes of at least 4 members (excludes halogenated alkanes) is 1. The molecule has 1 aliphatic heterocycles. The molecule has 0 aromatic heterocycles. The van der Waals surface area contributed by atoms with Crippen LogP contribution < -0.4 is 14.8 Å². The van der Waals surface area contributed by atoms with Crippen LogP contribution in [0.25, 0.3) is 0 Å². The summed E-state index contributed by atoms with van der Waals surface area (Å²) in [6.45, 7) is 5.17. The van der Waals surface area contributed by atoms with Gasteiger partial charge in [0, 0.05) is 25.8 Å².